The average Bonchev–Trinajstić information content (AvgIpc) is 2.53. The van der Waals surface area contributed by atoms with Crippen LogP contribution in [0, 0.1) is 0 Å². The van der Waals surface area contributed by atoms with Crippen molar-refractivity contribution in [2.75, 3.05) is 12.8 Å². The van der Waals surface area contributed by atoms with Gasteiger partial charge in [0.2, 0.25) is 0 Å². The van der Waals surface area contributed by atoms with E-state index >= 15 is 0 Å². The Labute approximate surface area is 123 Å². The van der Waals surface area contributed by atoms with E-state index in [9.17, 15) is 5.11 Å². The van der Waals surface area contributed by atoms with Crippen LogP contribution in [0.2, 0.25) is 0 Å². The highest BCUT2D eigenvalue weighted by Gasteiger charge is 2.12. The monoisotopic (exact) mass is 279 g/mol. The second-order valence-corrected chi connectivity index (χ2v) is 5.01. The summed E-state index contributed by atoms with van der Waals surface area (Å²) in [5.74, 6) is 0.831. The number of aliphatic hydroxyl groups excluding tert-OH is 1. The number of benzene rings is 3. The van der Waals surface area contributed by atoms with E-state index in [0.29, 0.717) is 5.69 Å². The van der Waals surface area contributed by atoms with Crippen molar-refractivity contribution in [3.63, 3.8) is 0 Å². The summed E-state index contributed by atoms with van der Waals surface area (Å²) in [5.41, 5.74) is 8.05. The van der Waals surface area contributed by atoms with Crippen molar-refractivity contribution in [2.45, 2.75) is 6.10 Å². The molecule has 1 atom stereocenters. The predicted molar refractivity (Wildman–Crippen MR) is 85.4 cm³/mol. The number of hydrogen-bond donors (Lipinski definition) is 2. The van der Waals surface area contributed by atoms with Crippen LogP contribution in [-0.4, -0.2) is 12.2 Å². The molecule has 3 heteroatoms. The number of ether oxygens (including phenoxy) is 1. The summed E-state index contributed by atoms with van der Waals surface area (Å²) in [7, 11) is 1.66. The Bertz CT molecular complexity index is 783. The minimum absolute atomic E-state index is 0.647. The molecule has 0 saturated carbocycles. The van der Waals surface area contributed by atoms with E-state index in [1.807, 2.05) is 54.6 Å². The molecule has 3 rings (SSSR count). The number of fused-ring (bicyclic) bond motifs is 1. The van der Waals surface area contributed by atoms with Gasteiger partial charge < -0.3 is 15.6 Å². The van der Waals surface area contributed by atoms with Gasteiger partial charge in [-0.1, -0.05) is 36.4 Å². The van der Waals surface area contributed by atoms with E-state index in [1.54, 1.807) is 13.2 Å². The minimum Gasteiger partial charge on any atom is -0.496 e. The Morgan fingerprint density at radius 3 is 2.48 bits per heavy atom. The second-order valence-electron chi connectivity index (χ2n) is 5.01. The molecule has 3 aromatic rings. The SMILES string of the molecule is COc1cccc2cc(C(O)c3cccc(N)c3)ccc12. The third kappa shape index (κ3) is 2.56. The van der Waals surface area contributed by atoms with Crippen LogP contribution in [0.4, 0.5) is 5.69 Å². The Kier molecular flexibility index (Phi) is 3.50. The number of anilines is 1. The molecule has 0 radical (unpaired) electrons. The van der Waals surface area contributed by atoms with Crippen LogP contribution in [0.1, 0.15) is 17.2 Å². The molecule has 0 fully saturated rings. The smallest absolute Gasteiger partial charge is 0.126 e. The predicted octanol–water partition coefficient (Wildman–Crippen LogP) is 3.51. The highest BCUT2D eigenvalue weighted by molar-refractivity contribution is 5.89. The summed E-state index contributed by atoms with van der Waals surface area (Å²) in [5, 5.41) is 12.6. The molecule has 0 spiro atoms. The molecule has 0 aromatic heterocycles. The Hall–Kier alpha value is -2.52. The molecule has 0 aliphatic heterocycles. The Morgan fingerprint density at radius 1 is 0.952 bits per heavy atom. The lowest BCUT2D eigenvalue weighted by atomic mass is 9.98. The van der Waals surface area contributed by atoms with Gasteiger partial charge in [0.05, 0.1) is 7.11 Å². The van der Waals surface area contributed by atoms with Crippen LogP contribution >= 0.6 is 0 Å². The normalized spacial score (nSPS) is 12.3. The first-order valence-electron chi connectivity index (χ1n) is 6.79. The highest BCUT2D eigenvalue weighted by atomic mass is 16.5. The van der Waals surface area contributed by atoms with Gasteiger partial charge in [0.1, 0.15) is 11.9 Å². The van der Waals surface area contributed by atoms with Gasteiger partial charge in [-0.2, -0.15) is 0 Å². The fraction of sp³-hybridized carbons (Fsp3) is 0.111. The lowest BCUT2D eigenvalue weighted by Crippen LogP contribution is -2.00. The second kappa shape index (κ2) is 5.46. The van der Waals surface area contributed by atoms with Crippen molar-refractivity contribution in [3.8, 4) is 5.75 Å². The first-order chi connectivity index (χ1) is 10.2. The number of aliphatic hydroxyl groups is 1. The van der Waals surface area contributed by atoms with Crippen molar-refractivity contribution in [2.24, 2.45) is 0 Å². The molecular formula is C18H17NO2. The Morgan fingerprint density at radius 2 is 1.71 bits per heavy atom. The number of rotatable bonds is 3. The van der Waals surface area contributed by atoms with Crippen LogP contribution < -0.4 is 10.5 Å². The van der Waals surface area contributed by atoms with Gasteiger partial charge in [0.25, 0.3) is 0 Å². The van der Waals surface area contributed by atoms with Crippen LogP contribution in [0.5, 0.6) is 5.75 Å². The van der Waals surface area contributed by atoms with Crippen molar-refractivity contribution in [1.82, 2.24) is 0 Å². The summed E-state index contributed by atoms with van der Waals surface area (Å²) in [4.78, 5) is 0. The third-order valence-corrected chi connectivity index (χ3v) is 3.63. The summed E-state index contributed by atoms with van der Waals surface area (Å²) in [6.45, 7) is 0. The Balaban J connectivity index is 2.05. The van der Waals surface area contributed by atoms with Gasteiger partial charge >= 0.3 is 0 Å². The molecule has 3 N–H and O–H groups in total. The summed E-state index contributed by atoms with van der Waals surface area (Å²) >= 11 is 0. The van der Waals surface area contributed by atoms with E-state index in [-0.39, 0.29) is 0 Å². The summed E-state index contributed by atoms with van der Waals surface area (Å²) < 4.78 is 5.35. The third-order valence-electron chi connectivity index (χ3n) is 3.63. The quantitative estimate of drug-likeness (QED) is 0.721. The van der Waals surface area contributed by atoms with Gasteiger partial charge in [-0.05, 0) is 40.8 Å². The van der Waals surface area contributed by atoms with E-state index in [2.05, 4.69) is 0 Å². The molecule has 0 bridgehead atoms. The molecule has 0 aliphatic rings. The lowest BCUT2D eigenvalue weighted by molar-refractivity contribution is 0.220. The average molecular weight is 279 g/mol. The number of hydrogen-bond acceptors (Lipinski definition) is 3. The fourth-order valence-corrected chi connectivity index (χ4v) is 2.54. The van der Waals surface area contributed by atoms with Crippen LogP contribution in [-0.2, 0) is 0 Å². The fourth-order valence-electron chi connectivity index (χ4n) is 2.54. The van der Waals surface area contributed by atoms with Crippen molar-refractivity contribution < 1.29 is 9.84 Å². The zero-order chi connectivity index (χ0) is 14.8. The lowest BCUT2D eigenvalue weighted by Gasteiger charge is -2.14. The molecule has 0 aliphatic carbocycles. The van der Waals surface area contributed by atoms with Gasteiger partial charge in [-0.25, -0.2) is 0 Å². The molecule has 106 valence electrons. The largest absolute Gasteiger partial charge is 0.496 e. The van der Waals surface area contributed by atoms with E-state index in [0.717, 1.165) is 27.6 Å². The van der Waals surface area contributed by atoms with Gasteiger partial charge in [-0.3, -0.25) is 0 Å². The van der Waals surface area contributed by atoms with Crippen LogP contribution in [0.25, 0.3) is 10.8 Å². The number of nitrogens with two attached hydrogens (primary N) is 1. The zero-order valence-corrected chi connectivity index (χ0v) is 11.8. The van der Waals surface area contributed by atoms with Crippen molar-refractivity contribution in [1.29, 1.82) is 0 Å². The number of nitrogen functional groups attached to an aromatic ring is 1. The topological polar surface area (TPSA) is 55.5 Å². The zero-order valence-electron chi connectivity index (χ0n) is 11.8. The molecule has 21 heavy (non-hydrogen) atoms. The van der Waals surface area contributed by atoms with Gasteiger partial charge in [-0.15, -0.1) is 0 Å². The van der Waals surface area contributed by atoms with Crippen LogP contribution in [0.15, 0.2) is 60.7 Å². The van der Waals surface area contributed by atoms with E-state index in [1.165, 1.54) is 0 Å². The molecule has 3 aromatic carbocycles. The standard InChI is InChI=1S/C18H17NO2/c1-21-17-7-3-4-12-10-14(8-9-16(12)17)18(20)13-5-2-6-15(19)11-13/h2-11,18,20H,19H2,1H3. The molecule has 0 saturated heterocycles. The van der Waals surface area contributed by atoms with Crippen molar-refractivity contribution in [3.05, 3.63) is 71.8 Å². The first-order valence-corrected chi connectivity index (χ1v) is 6.79. The molecular weight excluding hydrogens is 262 g/mol. The first kappa shape index (κ1) is 13.5. The van der Waals surface area contributed by atoms with Crippen LogP contribution in [0.3, 0.4) is 0 Å². The van der Waals surface area contributed by atoms with E-state index < -0.39 is 6.10 Å². The summed E-state index contributed by atoms with van der Waals surface area (Å²) in [6, 6.07) is 19.1. The maximum absolute atomic E-state index is 10.5. The van der Waals surface area contributed by atoms with Crippen molar-refractivity contribution >= 4 is 16.5 Å². The highest BCUT2D eigenvalue weighted by Crippen LogP contribution is 2.30. The maximum atomic E-state index is 10.5. The molecule has 1 unspecified atom stereocenters. The summed E-state index contributed by atoms with van der Waals surface area (Å²) in [6.07, 6.45) is -0.691. The van der Waals surface area contributed by atoms with Gasteiger partial charge in [0.15, 0.2) is 0 Å². The maximum Gasteiger partial charge on any atom is 0.126 e. The van der Waals surface area contributed by atoms with Gasteiger partial charge in [0, 0.05) is 11.1 Å². The molecule has 0 heterocycles. The molecule has 0 amide bonds. The number of methoxy groups -OCH3 is 1. The molecule has 3 nitrogen and oxygen atoms in total. The van der Waals surface area contributed by atoms with E-state index in [4.69, 9.17) is 10.5 Å². The minimum atomic E-state index is -0.691.